The van der Waals surface area contributed by atoms with Gasteiger partial charge in [-0.1, -0.05) is 15.9 Å². The summed E-state index contributed by atoms with van der Waals surface area (Å²) < 4.78 is 4.85. The molecule has 0 aromatic heterocycles. The molecule has 1 unspecified atom stereocenters. The molecule has 0 aromatic carbocycles. The maximum Gasteiger partial charge on any atom is 0.268 e. The van der Waals surface area contributed by atoms with Crippen molar-refractivity contribution in [2.45, 2.75) is 49.5 Å². The number of rotatable bonds is 6. The number of hydrogen-bond donors (Lipinski definition) is 5. The Morgan fingerprint density at radius 3 is 1.64 bits per heavy atom. The lowest BCUT2D eigenvalue weighted by Crippen LogP contribution is -2.90. The van der Waals surface area contributed by atoms with Crippen molar-refractivity contribution >= 4 is 39.1 Å². The minimum Gasteiger partial charge on any atom is -0.394 e. The first kappa shape index (κ1) is 22.0. The Kier molecular flexibility index (Phi) is 5.78. The maximum atomic E-state index is 12.2. The van der Waals surface area contributed by atoms with Crippen LogP contribution in [-0.2, 0) is 23.9 Å². The molecule has 1 aliphatic rings. The second-order valence-electron chi connectivity index (χ2n) is 5.85. The number of carbonyl (C=O) groups excluding carboxylic acids is 4. The zero-order valence-electron chi connectivity index (χ0n) is 13.6. The number of alkyl halides is 1. The molecule has 1 saturated heterocycles. The SMILES string of the molecule is CC(=O)[C@@]1(O)[C@@](O)(C(C)=O)C(O)(C(=O)CBr)O[C@H](CO)[C@@]1(O)C(C)=O. The van der Waals surface area contributed by atoms with E-state index in [0.717, 1.165) is 0 Å². The summed E-state index contributed by atoms with van der Waals surface area (Å²) in [5.74, 6) is -9.31. The Bertz CT molecular complexity index is 635. The summed E-state index contributed by atoms with van der Waals surface area (Å²) in [6, 6.07) is 0. The van der Waals surface area contributed by atoms with E-state index in [9.17, 15) is 44.7 Å². The molecule has 0 amide bonds. The average molecular weight is 427 g/mol. The minimum atomic E-state index is -3.73. The quantitative estimate of drug-likeness (QED) is 0.274. The first-order valence-corrected chi connectivity index (χ1v) is 8.16. The van der Waals surface area contributed by atoms with Gasteiger partial charge in [-0.05, 0) is 20.8 Å². The third-order valence-electron chi connectivity index (χ3n) is 4.57. The molecule has 5 atom stereocenters. The van der Waals surface area contributed by atoms with Gasteiger partial charge in [-0.3, -0.25) is 19.2 Å². The van der Waals surface area contributed by atoms with E-state index < -0.39 is 63.8 Å². The third-order valence-corrected chi connectivity index (χ3v) is 5.07. The summed E-state index contributed by atoms with van der Waals surface area (Å²) in [5, 5.41) is 51.8. The minimum absolute atomic E-state index is 0.615. The predicted octanol–water partition coefficient (Wildman–Crippen LogP) is -3.01. The van der Waals surface area contributed by atoms with Crippen LogP contribution in [0.5, 0.6) is 0 Å². The highest BCUT2D eigenvalue weighted by Gasteiger charge is 2.84. The molecule has 0 saturated carbocycles. The summed E-state index contributed by atoms with van der Waals surface area (Å²) in [4.78, 5) is 48.5. The highest BCUT2D eigenvalue weighted by molar-refractivity contribution is 9.09. The Morgan fingerprint density at radius 1 is 0.920 bits per heavy atom. The Labute approximate surface area is 150 Å². The first-order chi connectivity index (χ1) is 11.2. The van der Waals surface area contributed by atoms with Crippen LogP contribution in [0.25, 0.3) is 0 Å². The van der Waals surface area contributed by atoms with Gasteiger partial charge in [-0.15, -0.1) is 0 Å². The maximum absolute atomic E-state index is 12.2. The van der Waals surface area contributed by atoms with Crippen molar-refractivity contribution in [1.82, 2.24) is 0 Å². The second kappa shape index (κ2) is 6.58. The number of ketones is 4. The normalized spacial score (nSPS) is 41.2. The van der Waals surface area contributed by atoms with Gasteiger partial charge in [0.1, 0.15) is 6.10 Å². The van der Waals surface area contributed by atoms with Gasteiger partial charge < -0.3 is 30.3 Å². The van der Waals surface area contributed by atoms with Gasteiger partial charge in [0.2, 0.25) is 17.0 Å². The third kappa shape index (κ3) is 2.38. The van der Waals surface area contributed by atoms with E-state index in [2.05, 4.69) is 15.9 Å². The molecule has 1 rings (SSSR count). The van der Waals surface area contributed by atoms with Gasteiger partial charge in [-0.25, -0.2) is 0 Å². The van der Waals surface area contributed by atoms with Crippen molar-refractivity contribution < 1.29 is 49.4 Å². The highest BCUT2D eigenvalue weighted by Crippen LogP contribution is 2.50. The molecule has 1 fully saturated rings. The molecule has 0 radical (unpaired) electrons. The zero-order valence-corrected chi connectivity index (χ0v) is 15.2. The molecule has 10 nitrogen and oxygen atoms in total. The second-order valence-corrected chi connectivity index (χ2v) is 6.41. The predicted molar refractivity (Wildman–Crippen MR) is 82.6 cm³/mol. The van der Waals surface area contributed by atoms with Crippen LogP contribution in [0.4, 0.5) is 0 Å². The molecule has 142 valence electrons. The number of halogens is 1. The molecule has 0 aliphatic carbocycles. The number of aliphatic hydroxyl groups excluding tert-OH is 1. The van der Waals surface area contributed by atoms with Crippen molar-refractivity contribution in [1.29, 1.82) is 0 Å². The Morgan fingerprint density at radius 2 is 1.36 bits per heavy atom. The van der Waals surface area contributed by atoms with Crippen molar-refractivity contribution in [3.8, 4) is 0 Å². The lowest BCUT2D eigenvalue weighted by Gasteiger charge is -2.59. The molecule has 0 bridgehead atoms. The first-order valence-electron chi connectivity index (χ1n) is 7.03. The van der Waals surface area contributed by atoms with Gasteiger partial charge in [0.05, 0.1) is 11.9 Å². The number of Topliss-reactive ketones (excluding diaryl/α,β-unsaturated/α-hetero) is 4. The van der Waals surface area contributed by atoms with Crippen LogP contribution in [0.15, 0.2) is 0 Å². The molecular formula is C14H19BrO10. The van der Waals surface area contributed by atoms with Crippen LogP contribution in [0.2, 0.25) is 0 Å². The molecule has 1 heterocycles. The van der Waals surface area contributed by atoms with E-state index in [1.807, 2.05) is 0 Å². The van der Waals surface area contributed by atoms with Crippen LogP contribution < -0.4 is 0 Å². The number of aliphatic hydroxyl groups is 5. The molecular weight excluding hydrogens is 408 g/mol. The van der Waals surface area contributed by atoms with Crippen LogP contribution in [0.1, 0.15) is 20.8 Å². The molecule has 5 N–H and O–H groups in total. The van der Waals surface area contributed by atoms with Gasteiger partial charge in [0, 0.05) is 0 Å². The Balaban J connectivity index is 4.05. The van der Waals surface area contributed by atoms with Gasteiger partial charge in [0.15, 0.2) is 23.0 Å². The molecule has 25 heavy (non-hydrogen) atoms. The molecule has 11 heteroatoms. The topological polar surface area (TPSA) is 179 Å². The summed E-state index contributed by atoms with van der Waals surface area (Å²) in [5.41, 5.74) is -10.7. The van der Waals surface area contributed by atoms with Gasteiger partial charge in [0.25, 0.3) is 5.79 Å². The van der Waals surface area contributed by atoms with Crippen LogP contribution in [0.3, 0.4) is 0 Å². The van der Waals surface area contributed by atoms with E-state index in [4.69, 9.17) is 4.74 Å². The van der Waals surface area contributed by atoms with Crippen molar-refractivity contribution in [3.05, 3.63) is 0 Å². The smallest absolute Gasteiger partial charge is 0.268 e. The van der Waals surface area contributed by atoms with Gasteiger partial charge >= 0.3 is 0 Å². The van der Waals surface area contributed by atoms with E-state index in [1.165, 1.54) is 0 Å². The van der Waals surface area contributed by atoms with E-state index in [-0.39, 0.29) is 0 Å². The Hall–Kier alpha value is -1.08. The summed E-state index contributed by atoms with van der Waals surface area (Å²) >= 11 is 2.69. The number of carbonyl (C=O) groups is 4. The fourth-order valence-corrected chi connectivity index (χ4v) is 3.54. The van der Waals surface area contributed by atoms with E-state index >= 15 is 0 Å². The van der Waals surface area contributed by atoms with Crippen LogP contribution in [-0.4, -0.2) is 89.3 Å². The van der Waals surface area contributed by atoms with Gasteiger partial charge in [-0.2, -0.15) is 0 Å². The number of hydrogen-bond acceptors (Lipinski definition) is 10. The zero-order chi connectivity index (χ0) is 20.0. The standard InChI is InChI=1S/C14H19BrO10/c1-6(17)11(21)10(5-16)25-14(24,9(20)4-15)13(23,8(3)19)12(11,22)7(2)18/h10,16,21-24H,4-5H2,1-3H3/t10-,11+,12+,13+,14?/m1/s1. The highest BCUT2D eigenvalue weighted by atomic mass is 79.9. The monoisotopic (exact) mass is 426 g/mol. The summed E-state index contributed by atoms with van der Waals surface area (Å²) in [6.45, 7) is 0.707. The fourth-order valence-electron chi connectivity index (χ4n) is 3.16. The molecule has 1 aliphatic heterocycles. The molecule has 0 spiro atoms. The lowest BCUT2D eigenvalue weighted by atomic mass is 9.57. The van der Waals surface area contributed by atoms with E-state index in [1.54, 1.807) is 0 Å². The fraction of sp³-hybridized carbons (Fsp3) is 0.714. The average Bonchev–Trinajstić information content (AvgIpc) is 2.54. The lowest BCUT2D eigenvalue weighted by molar-refractivity contribution is -0.390. The molecule has 0 aromatic rings. The largest absolute Gasteiger partial charge is 0.394 e. The van der Waals surface area contributed by atoms with Crippen molar-refractivity contribution in [3.63, 3.8) is 0 Å². The van der Waals surface area contributed by atoms with Crippen molar-refractivity contribution in [2.24, 2.45) is 0 Å². The summed E-state index contributed by atoms with van der Waals surface area (Å²) in [7, 11) is 0. The number of ether oxygens (including phenoxy) is 1. The van der Waals surface area contributed by atoms with Crippen molar-refractivity contribution in [2.75, 3.05) is 11.9 Å². The summed E-state index contributed by atoms with van der Waals surface area (Å²) in [6.07, 6.45) is -2.20. The van der Waals surface area contributed by atoms with Crippen LogP contribution >= 0.6 is 15.9 Å². The van der Waals surface area contributed by atoms with Crippen LogP contribution in [0, 0.1) is 0 Å². The van der Waals surface area contributed by atoms with E-state index in [0.29, 0.717) is 20.8 Å².